The lowest BCUT2D eigenvalue weighted by Crippen LogP contribution is -2.10. The van der Waals surface area contributed by atoms with Crippen LogP contribution in [0, 0.1) is 6.08 Å². The van der Waals surface area contributed by atoms with E-state index in [9.17, 15) is 0 Å². The van der Waals surface area contributed by atoms with Crippen molar-refractivity contribution >= 4 is 0 Å². The van der Waals surface area contributed by atoms with E-state index < -0.39 is 0 Å². The molecular weight excluding hydrogens is 122 g/mol. The molecule has 10 heavy (non-hydrogen) atoms. The van der Waals surface area contributed by atoms with Crippen molar-refractivity contribution < 1.29 is 0 Å². The van der Waals surface area contributed by atoms with Gasteiger partial charge in [0.05, 0.1) is 24.3 Å². The molecule has 1 aliphatic rings. The third kappa shape index (κ3) is 0.772. The SMILES string of the molecule is [C+]1=CNCc2ccccc21. The minimum absolute atomic E-state index is 0.934. The Balaban J connectivity index is 2.54. The number of nitrogens with one attached hydrogen (secondary N) is 1. The average molecular weight is 130 g/mol. The molecule has 1 N–H and O–H groups in total. The van der Waals surface area contributed by atoms with Crippen molar-refractivity contribution in [2.24, 2.45) is 0 Å². The van der Waals surface area contributed by atoms with Gasteiger partial charge < -0.3 is 5.32 Å². The summed E-state index contributed by atoms with van der Waals surface area (Å²) in [6, 6.07) is 8.27. The zero-order valence-corrected chi connectivity index (χ0v) is 5.59. The van der Waals surface area contributed by atoms with Gasteiger partial charge in [-0.3, -0.25) is 0 Å². The largest absolute Gasteiger partial charge is 0.358 e. The molecule has 48 valence electrons. The molecule has 1 heterocycles. The van der Waals surface area contributed by atoms with Gasteiger partial charge in [0.1, 0.15) is 6.20 Å². The lowest BCUT2D eigenvalue weighted by atomic mass is 10.1. The summed E-state index contributed by atoms with van der Waals surface area (Å²) in [5.74, 6) is 0. The Labute approximate surface area is 60.4 Å². The molecule has 0 aliphatic carbocycles. The standard InChI is InChI=1S/C9H8N/c1-2-4-9-7-10-6-5-8(9)3-1/h1-4,6,10H,7H2/q+1. The summed E-state index contributed by atoms with van der Waals surface area (Å²) in [4.78, 5) is 0. The van der Waals surface area contributed by atoms with Crippen LogP contribution in [0.5, 0.6) is 0 Å². The first-order chi connectivity index (χ1) is 4.97. The summed E-state index contributed by atoms with van der Waals surface area (Å²) < 4.78 is 0. The highest BCUT2D eigenvalue weighted by Crippen LogP contribution is 2.10. The lowest BCUT2D eigenvalue weighted by Gasteiger charge is -2.00. The van der Waals surface area contributed by atoms with Gasteiger partial charge in [0.25, 0.3) is 0 Å². The Bertz CT molecular complexity index is 263. The van der Waals surface area contributed by atoms with Crippen molar-refractivity contribution in [2.75, 3.05) is 0 Å². The third-order valence-electron chi connectivity index (χ3n) is 1.64. The van der Waals surface area contributed by atoms with Gasteiger partial charge in [-0.2, -0.15) is 0 Å². The molecule has 0 atom stereocenters. The Morgan fingerprint density at radius 1 is 1.30 bits per heavy atom. The topological polar surface area (TPSA) is 12.0 Å². The third-order valence-corrected chi connectivity index (χ3v) is 1.64. The number of hydrogen-bond donors (Lipinski definition) is 1. The molecule has 0 amide bonds. The van der Waals surface area contributed by atoms with E-state index >= 15 is 0 Å². The summed E-state index contributed by atoms with van der Waals surface area (Å²) >= 11 is 0. The van der Waals surface area contributed by atoms with E-state index in [0.717, 1.165) is 6.54 Å². The lowest BCUT2D eigenvalue weighted by molar-refractivity contribution is 0.842. The molecule has 0 spiro atoms. The van der Waals surface area contributed by atoms with Gasteiger partial charge in [-0.1, -0.05) is 0 Å². The molecule has 1 aromatic rings. The molecule has 1 aromatic carbocycles. The van der Waals surface area contributed by atoms with Crippen molar-refractivity contribution in [3.05, 3.63) is 47.7 Å². The highest BCUT2D eigenvalue weighted by Gasteiger charge is 2.10. The first-order valence-corrected chi connectivity index (χ1v) is 3.36. The Morgan fingerprint density at radius 3 is 3.10 bits per heavy atom. The van der Waals surface area contributed by atoms with E-state index in [4.69, 9.17) is 0 Å². The van der Waals surface area contributed by atoms with E-state index in [1.165, 1.54) is 11.1 Å². The zero-order chi connectivity index (χ0) is 6.81. The van der Waals surface area contributed by atoms with Crippen LogP contribution < -0.4 is 5.32 Å². The first kappa shape index (κ1) is 5.45. The zero-order valence-electron chi connectivity index (χ0n) is 5.59. The van der Waals surface area contributed by atoms with Gasteiger partial charge in [0.15, 0.2) is 5.56 Å². The van der Waals surface area contributed by atoms with Gasteiger partial charge in [-0.15, -0.1) is 0 Å². The summed E-state index contributed by atoms with van der Waals surface area (Å²) in [6.07, 6.45) is 4.99. The van der Waals surface area contributed by atoms with Crippen LogP contribution in [-0.2, 0) is 6.54 Å². The minimum atomic E-state index is 0.934. The van der Waals surface area contributed by atoms with E-state index in [2.05, 4.69) is 23.5 Å². The van der Waals surface area contributed by atoms with E-state index in [0.29, 0.717) is 0 Å². The van der Waals surface area contributed by atoms with Crippen molar-refractivity contribution in [2.45, 2.75) is 6.54 Å². The van der Waals surface area contributed by atoms with Crippen LogP contribution in [0.4, 0.5) is 0 Å². The predicted octanol–water partition coefficient (Wildman–Crippen LogP) is 1.45. The van der Waals surface area contributed by atoms with Crippen LogP contribution >= 0.6 is 0 Å². The van der Waals surface area contributed by atoms with Crippen molar-refractivity contribution in [3.8, 4) is 0 Å². The van der Waals surface area contributed by atoms with Crippen LogP contribution in [0.2, 0.25) is 0 Å². The summed E-state index contributed by atoms with van der Waals surface area (Å²) in [5.41, 5.74) is 2.53. The Hall–Kier alpha value is -1.33. The van der Waals surface area contributed by atoms with Gasteiger partial charge in [0, 0.05) is 6.07 Å². The second kappa shape index (κ2) is 2.13. The molecule has 1 aliphatic heterocycles. The normalized spacial score (nSPS) is 13.2. The Kier molecular flexibility index (Phi) is 1.16. The molecule has 0 unspecified atom stereocenters. The van der Waals surface area contributed by atoms with E-state index in [1.54, 1.807) is 0 Å². The molecule has 0 fully saturated rings. The Morgan fingerprint density at radius 2 is 2.20 bits per heavy atom. The summed E-state index contributed by atoms with van der Waals surface area (Å²) in [5, 5.41) is 3.10. The highest BCUT2D eigenvalue weighted by atomic mass is 14.8. The maximum atomic E-state index is 3.13. The molecule has 1 nitrogen and oxygen atoms in total. The summed E-state index contributed by atoms with van der Waals surface area (Å²) in [7, 11) is 0. The smallest absolute Gasteiger partial charge is 0.194 e. The van der Waals surface area contributed by atoms with Crippen molar-refractivity contribution in [1.82, 2.24) is 5.32 Å². The van der Waals surface area contributed by atoms with Gasteiger partial charge >= 0.3 is 0 Å². The van der Waals surface area contributed by atoms with Crippen LogP contribution in [0.3, 0.4) is 0 Å². The number of rotatable bonds is 0. The van der Waals surface area contributed by atoms with Crippen molar-refractivity contribution in [1.29, 1.82) is 0 Å². The molecular formula is C9H8N+. The number of hydrogen-bond acceptors (Lipinski definition) is 1. The minimum Gasteiger partial charge on any atom is -0.358 e. The highest BCUT2D eigenvalue weighted by molar-refractivity contribution is 5.33. The molecule has 0 aromatic heterocycles. The fourth-order valence-corrected chi connectivity index (χ4v) is 1.11. The molecule has 0 saturated heterocycles. The second-order valence-electron chi connectivity index (χ2n) is 2.33. The monoisotopic (exact) mass is 130 g/mol. The fraction of sp³-hybridized carbons (Fsp3) is 0.111. The van der Waals surface area contributed by atoms with Crippen LogP contribution in [0.25, 0.3) is 0 Å². The summed E-state index contributed by atoms with van der Waals surface area (Å²) in [6.45, 7) is 0.934. The number of benzene rings is 1. The van der Waals surface area contributed by atoms with Crippen LogP contribution in [0.1, 0.15) is 11.1 Å². The number of fused-ring (bicyclic) bond motifs is 1. The molecule has 0 radical (unpaired) electrons. The quantitative estimate of drug-likeness (QED) is 0.524. The van der Waals surface area contributed by atoms with Crippen molar-refractivity contribution in [3.63, 3.8) is 0 Å². The van der Waals surface area contributed by atoms with Gasteiger partial charge in [-0.25, -0.2) is 0 Å². The van der Waals surface area contributed by atoms with Gasteiger partial charge in [0.2, 0.25) is 0 Å². The van der Waals surface area contributed by atoms with E-state index in [-0.39, 0.29) is 0 Å². The van der Waals surface area contributed by atoms with Crippen LogP contribution in [-0.4, -0.2) is 0 Å². The van der Waals surface area contributed by atoms with Gasteiger partial charge in [-0.05, 0) is 12.1 Å². The molecule has 1 heteroatoms. The maximum absolute atomic E-state index is 3.13. The second-order valence-corrected chi connectivity index (χ2v) is 2.33. The van der Waals surface area contributed by atoms with Crippen LogP contribution in [0.15, 0.2) is 30.5 Å². The molecule has 0 bridgehead atoms. The first-order valence-electron chi connectivity index (χ1n) is 3.36. The maximum Gasteiger partial charge on any atom is 0.194 e. The fourth-order valence-electron chi connectivity index (χ4n) is 1.11. The predicted molar refractivity (Wildman–Crippen MR) is 40.2 cm³/mol. The van der Waals surface area contributed by atoms with E-state index in [1.807, 2.05) is 18.3 Å². The molecule has 2 rings (SSSR count). The molecule has 0 saturated carbocycles. The average Bonchev–Trinajstić information content (AvgIpc) is 2.05.